The molecule has 0 atom stereocenters. The van der Waals surface area contributed by atoms with Gasteiger partial charge in [-0.2, -0.15) is 0 Å². The Kier molecular flexibility index (Phi) is 3.87. The molecule has 2 nitrogen and oxygen atoms in total. The zero-order valence-corrected chi connectivity index (χ0v) is 8.63. The van der Waals surface area contributed by atoms with Gasteiger partial charge in [-0.1, -0.05) is 0 Å². The summed E-state index contributed by atoms with van der Waals surface area (Å²) in [5, 5.41) is 3.24. The molecule has 1 N–H and O–H groups in total. The van der Waals surface area contributed by atoms with E-state index in [4.69, 9.17) is 11.2 Å². The van der Waals surface area contributed by atoms with Gasteiger partial charge in [0.1, 0.15) is 5.75 Å². The predicted octanol–water partition coefficient (Wildman–Crippen LogP) is 2.44. The lowest BCUT2D eigenvalue weighted by molar-refractivity contribution is 0.412. The fraction of sp³-hybridized carbons (Fsp3) is 0.333. The van der Waals surface area contributed by atoms with Crippen LogP contribution in [0.15, 0.2) is 18.2 Å². The first-order valence-corrected chi connectivity index (χ1v) is 4.60. The summed E-state index contributed by atoms with van der Waals surface area (Å²) in [7, 11) is 1.67. The van der Waals surface area contributed by atoms with Crippen LogP contribution in [0.4, 0.5) is 5.69 Å². The van der Waals surface area contributed by atoms with Crippen molar-refractivity contribution in [3.63, 3.8) is 0 Å². The Labute approximate surface area is 85.3 Å². The number of methoxy groups -OCH3 is 1. The van der Waals surface area contributed by atoms with E-state index in [1.807, 2.05) is 19.1 Å². The summed E-state index contributed by atoms with van der Waals surface area (Å²) < 4.78 is 5.17. The molecule has 2 heteroatoms. The summed E-state index contributed by atoms with van der Waals surface area (Å²) in [6.07, 6.45) is 5.90. The van der Waals surface area contributed by atoms with Gasteiger partial charge >= 0.3 is 0 Å². The molecule has 0 radical (unpaired) electrons. The minimum absolute atomic E-state index is 0.741. The molecule has 74 valence electrons. The molecule has 0 aliphatic carbocycles. The lowest BCUT2D eigenvalue weighted by Crippen LogP contribution is -2.00. The van der Waals surface area contributed by atoms with Gasteiger partial charge < -0.3 is 10.1 Å². The van der Waals surface area contributed by atoms with Crippen LogP contribution in [0, 0.1) is 19.3 Å². The quantitative estimate of drug-likeness (QED) is 0.580. The van der Waals surface area contributed by atoms with Crippen molar-refractivity contribution in [1.82, 2.24) is 0 Å². The highest BCUT2D eigenvalue weighted by Crippen LogP contribution is 2.21. The van der Waals surface area contributed by atoms with Gasteiger partial charge in [0, 0.05) is 18.7 Å². The van der Waals surface area contributed by atoms with Crippen LogP contribution in [-0.4, -0.2) is 13.7 Å². The third kappa shape index (κ3) is 2.70. The van der Waals surface area contributed by atoms with E-state index in [0.29, 0.717) is 0 Å². The van der Waals surface area contributed by atoms with Crippen molar-refractivity contribution in [2.75, 3.05) is 19.0 Å². The van der Waals surface area contributed by atoms with Crippen molar-refractivity contribution < 1.29 is 4.74 Å². The molecule has 0 fully saturated rings. The van der Waals surface area contributed by atoms with Crippen LogP contribution in [0.3, 0.4) is 0 Å². The Bertz CT molecular complexity index is 339. The average molecular weight is 189 g/mol. The number of ether oxygens (including phenoxy) is 1. The zero-order chi connectivity index (χ0) is 10.4. The predicted molar refractivity (Wildman–Crippen MR) is 59.7 cm³/mol. The second kappa shape index (κ2) is 5.18. The average Bonchev–Trinajstić information content (AvgIpc) is 2.18. The SMILES string of the molecule is C#CCCNc1ccc(OC)c(C)c1. The van der Waals surface area contributed by atoms with E-state index < -0.39 is 0 Å². The number of terminal acetylenes is 1. The lowest BCUT2D eigenvalue weighted by atomic mass is 10.2. The van der Waals surface area contributed by atoms with Crippen LogP contribution in [0.5, 0.6) is 5.75 Å². The molecule has 1 aromatic rings. The first-order valence-electron chi connectivity index (χ1n) is 4.60. The minimum Gasteiger partial charge on any atom is -0.496 e. The molecule has 0 saturated heterocycles. The van der Waals surface area contributed by atoms with Gasteiger partial charge in [0.15, 0.2) is 0 Å². The van der Waals surface area contributed by atoms with E-state index in [1.165, 1.54) is 0 Å². The monoisotopic (exact) mass is 189 g/mol. The fourth-order valence-corrected chi connectivity index (χ4v) is 1.27. The number of hydrogen-bond acceptors (Lipinski definition) is 2. The smallest absolute Gasteiger partial charge is 0.121 e. The molecule has 0 saturated carbocycles. The van der Waals surface area contributed by atoms with Crippen LogP contribution in [-0.2, 0) is 0 Å². The maximum atomic E-state index is 5.17. The zero-order valence-electron chi connectivity index (χ0n) is 8.63. The maximum Gasteiger partial charge on any atom is 0.121 e. The van der Waals surface area contributed by atoms with Crippen LogP contribution >= 0.6 is 0 Å². The Hall–Kier alpha value is -1.62. The van der Waals surface area contributed by atoms with Gasteiger partial charge in [0.2, 0.25) is 0 Å². The van der Waals surface area contributed by atoms with E-state index in [1.54, 1.807) is 7.11 Å². The third-order valence-corrected chi connectivity index (χ3v) is 1.99. The van der Waals surface area contributed by atoms with Crippen LogP contribution in [0.1, 0.15) is 12.0 Å². The molecule has 0 aromatic heterocycles. The molecular formula is C12H15NO. The molecular weight excluding hydrogens is 174 g/mol. The number of rotatable bonds is 4. The molecule has 0 aliphatic heterocycles. The highest BCUT2D eigenvalue weighted by molar-refractivity contribution is 5.50. The molecule has 0 spiro atoms. The molecule has 1 aromatic carbocycles. The Morgan fingerprint density at radius 1 is 1.50 bits per heavy atom. The highest BCUT2D eigenvalue weighted by atomic mass is 16.5. The number of nitrogens with one attached hydrogen (secondary N) is 1. The number of benzene rings is 1. The topological polar surface area (TPSA) is 21.3 Å². The van der Waals surface area contributed by atoms with Crippen molar-refractivity contribution >= 4 is 5.69 Å². The first-order chi connectivity index (χ1) is 6.77. The Morgan fingerprint density at radius 3 is 2.86 bits per heavy atom. The number of hydrogen-bond donors (Lipinski definition) is 1. The van der Waals surface area contributed by atoms with Crippen molar-refractivity contribution in [2.24, 2.45) is 0 Å². The highest BCUT2D eigenvalue weighted by Gasteiger charge is 1.98. The van der Waals surface area contributed by atoms with Crippen LogP contribution < -0.4 is 10.1 Å². The van der Waals surface area contributed by atoms with E-state index in [2.05, 4.69) is 17.3 Å². The van der Waals surface area contributed by atoms with Gasteiger partial charge in [-0.25, -0.2) is 0 Å². The molecule has 0 amide bonds. The summed E-state index contributed by atoms with van der Waals surface area (Å²) in [6.45, 7) is 2.83. The van der Waals surface area contributed by atoms with Crippen LogP contribution in [0.25, 0.3) is 0 Å². The third-order valence-electron chi connectivity index (χ3n) is 1.99. The number of anilines is 1. The standard InChI is InChI=1S/C12H15NO/c1-4-5-8-13-11-6-7-12(14-3)10(2)9-11/h1,6-7,9,13H,5,8H2,2-3H3. The first kappa shape index (κ1) is 10.5. The molecule has 0 bridgehead atoms. The van der Waals surface area contributed by atoms with Crippen molar-refractivity contribution in [3.05, 3.63) is 23.8 Å². The summed E-state index contributed by atoms with van der Waals surface area (Å²) in [6, 6.07) is 5.99. The molecule has 14 heavy (non-hydrogen) atoms. The Morgan fingerprint density at radius 2 is 2.29 bits per heavy atom. The fourth-order valence-electron chi connectivity index (χ4n) is 1.27. The summed E-state index contributed by atoms with van der Waals surface area (Å²) in [4.78, 5) is 0. The maximum absolute atomic E-state index is 5.17. The van der Waals surface area contributed by atoms with Gasteiger partial charge in [-0.15, -0.1) is 12.3 Å². The Balaban J connectivity index is 2.63. The normalized spacial score (nSPS) is 9.21. The minimum atomic E-state index is 0.741. The van der Waals surface area contributed by atoms with E-state index in [9.17, 15) is 0 Å². The van der Waals surface area contributed by atoms with Gasteiger partial charge in [0.25, 0.3) is 0 Å². The lowest BCUT2D eigenvalue weighted by Gasteiger charge is -2.08. The largest absolute Gasteiger partial charge is 0.496 e. The van der Waals surface area contributed by atoms with Crippen LogP contribution in [0.2, 0.25) is 0 Å². The molecule has 0 heterocycles. The summed E-state index contributed by atoms with van der Waals surface area (Å²) in [5.74, 6) is 3.50. The molecule has 0 aliphatic rings. The second-order valence-corrected chi connectivity index (χ2v) is 3.07. The van der Waals surface area contributed by atoms with Crippen molar-refractivity contribution in [1.29, 1.82) is 0 Å². The molecule has 0 unspecified atom stereocenters. The van der Waals surface area contributed by atoms with E-state index in [0.717, 1.165) is 30.0 Å². The van der Waals surface area contributed by atoms with Gasteiger partial charge in [-0.05, 0) is 30.7 Å². The van der Waals surface area contributed by atoms with Crippen molar-refractivity contribution in [3.8, 4) is 18.1 Å². The summed E-state index contributed by atoms with van der Waals surface area (Å²) in [5.41, 5.74) is 2.21. The molecule has 1 rings (SSSR count). The van der Waals surface area contributed by atoms with Crippen molar-refractivity contribution in [2.45, 2.75) is 13.3 Å². The summed E-state index contributed by atoms with van der Waals surface area (Å²) >= 11 is 0. The second-order valence-electron chi connectivity index (χ2n) is 3.07. The van der Waals surface area contributed by atoms with E-state index >= 15 is 0 Å². The number of aryl methyl sites for hydroxylation is 1. The van der Waals surface area contributed by atoms with Gasteiger partial charge in [0.05, 0.1) is 7.11 Å². The van der Waals surface area contributed by atoms with E-state index in [-0.39, 0.29) is 0 Å². The van der Waals surface area contributed by atoms with Gasteiger partial charge in [-0.3, -0.25) is 0 Å².